The van der Waals surface area contributed by atoms with Crippen molar-refractivity contribution in [3.8, 4) is 5.75 Å². The van der Waals surface area contributed by atoms with Gasteiger partial charge in [-0.2, -0.15) is 0 Å². The second-order valence-corrected chi connectivity index (χ2v) is 8.00. The summed E-state index contributed by atoms with van der Waals surface area (Å²) in [5.41, 5.74) is 2.50. The maximum atomic E-state index is 13.4. The van der Waals surface area contributed by atoms with E-state index in [1.54, 1.807) is 55.6 Å². The van der Waals surface area contributed by atoms with Crippen LogP contribution in [0.5, 0.6) is 5.75 Å². The number of methoxy groups -OCH3 is 1. The first-order chi connectivity index (χ1) is 14.6. The minimum Gasteiger partial charge on any atom is -0.497 e. The molecule has 4 rings (SSSR count). The van der Waals surface area contributed by atoms with E-state index in [4.69, 9.17) is 16.3 Å². The number of hydrogen-bond acceptors (Lipinski definition) is 4. The zero-order valence-electron chi connectivity index (χ0n) is 16.2. The molecule has 1 heterocycles. The molecule has 0 spiro atoms. The van der Waals surface area contributed by atoms with Gasteiger partial charge in [-0.15, -0.1) is 11.8 Å². The summed E-state index contributed by atoms with van der Waals surface area (Å²) in [6, 6.07) is 23.8. The fourth-order valence-corrected chi connectivity index (χ4v) is 4.53. The molecule has 6 heteroatoms. The number of para-hydroxylation sites is 1. The van der Waals surface area contributed by atoms with E-state index in [1.807, 2.05) is 30.3 Å². The average molecular weight is 436 g/mol. The molecule has 3 aromatic rings. The Balaban J connectivity index is 1.75. The van der Waals surface area contributed by atoms with Crippen molar-refractivity contribution in [3.63, 3.8) is 0 Å². The lowest BCUT2D eigenvalue weighted by Crippen LogP contribution is -2.31. The van der Waals surface area contributed by atoms with E-state index in [2.05, 4.69) is 0 Å². The van der Waals surface area contributed by atoms with E-state index >= 15 is 0 Å². The van der Waals surface area contributed by atoms with E-state index in [0.29, 0.717) is 38.3 Å². The second kappa shape index (κ2) is 8.78. The largest absolute Gasteiger partial charge is 0.497 e. The second-order valence-electron chi connectivity index (χ2n) is 6.60. The summed E-state index contributed by atoms with van der Waals surface area (Å²) in [4.78, 5) is 28.3. The van der Waals surface area contributed by atoms with Crippen LogP contribution < -0.4 is 9.64 Å². The van der Waals surface area contributed by atoms with Crippen LogP contribution in [0.3, 0.4) is 0 Å². The van der Waals surface area contributed by atoms with Gasteiger partial charge in [0, 0.05) is 5.75 Å². The number of nitrogens with zero attached hydrogens (tertiary/aromatic N) is 1. The molecule has 0 unspecified atom stereocenters. The molecular weight excluding hydrogens is 418 g/mol. The highest BCUT2D eigenvalue weighted by Gasteiger charge is 2.40. The standard InChI is InChI=1S/C24H18ClNO3S/c1-29-18-13-11-17(12-14-18)21-22(30-15-16-7-3-2-4-8-16)24(28)26(23(21)27)20-10-6-5-9-19(20)25/h2-14H,15H2,1H3. The van der Waals surface area contributed by atoms with E-state index in [-0.39, 0.29) is 11.8 Å². The van der Waals surface area contributed by atoms with Gasteiger partial charge in [0.2, 0.25) is 0 Å². The summed E-state index contributed by atoms with van der Waals surface area (Å²) in [7, 11) is 1.58. The van der Waals surface area contributed by atoms with Crippen molar-refractivity contribution in [1.29, 1.82) is 0 Å². The van der Waals surface area contributed by atoms with Gasteiger partial charge in [-0.1, -0.05) is 66.2 Å². The minimum absolute atomic E-state index is 0.350. The first-order valence-corrected chi connectivity index (χ1v) is 10.6. The van der Waals surface area contributed by atoms with Crippen molar-refractivity contribution >= 4 is 46.4 Å². The fourth-order valence-electron chi connectivity index (χ4n) is 3.24. The molecular formula is C24H18ClNO3S. The Bertz CT molecular complexity index is 1130. The predicted octanol–water partition coefficient (Wildman–Crippen LogP) is 5.57. The van der Waals surface area contributed by atoms with Crippen molar-refractivity contribution in [2.45, 2.75) is 5.75 Å². The Morgan fingerprint density at radius 2 is 1.53 bits per heavy atom. The number of imide groups is 1. The molecule has 0 radical (unpaired) electrons. The molecule has 2 amide bonds. The Hall–Kier alpha value is -3.02. The number of carbonyl (C=O) groups excluding carboxylic acids is 2. The van der Waals surface area contributed by atoms with Gasteiger partial charge in [-0.3, -0.25) is 9.59 Å². The molecule has 0 aliphatic carbocycles. The third-order valence-electron chi connectivity index (χ3n) is 4.74. The van der Waals surface area contributed by atoms with Crippen molar-refractivity contribution in [2.24, 2.45) is 0 Å². The number of halogens is 1. The lowest BCUT2D eigenvalue weighted by atomic mass is 10.1. The molecule has 0 atom stereocenters. The highest BCUT2D eigenvalue weighted by molar-refractivity contribution is 8.03. The Morgan fingerprint density at radius 3 is 2.20 bits per heavy atom. The number of anilines is 1. The molecule has 1 aliphatic heterocycles. The van der Waals surface area contributed by atoms with Crippen LogP contribution in [0.1, 0.15) is 11.1 Å². The SMILES string of the molecule is COc1ccc(C2=C(SCc3ccccc3)C(=O)N(c3ccccc3Cl)C2=O)cc1. The zero-order chi connectivity index (χ0) is 21.1. The minimum atomic E-state index is -0.381. The first-order valence-electron chi connectivity index (χ1n) is 9.29. The zero-order valence-corrected chi connectivity index (χ0v) is 17.7. The van der Waals surface area contributed by atoms with Gasteiger partial charge >= 0.3 is 0 Å². The average Bonchev–Trinajstić information content (AvgIpc) is 3.03. The number of amides is 2. The first kappa shape index (κ1) is 20.3. The van der Waals surface area contributed by atoms with Gasteiger partial charge in [0.05, 0.1) is 28.3 Å². The van der Waals surface area contributed by atoms with E-state index in [1.165, 1.54) is 11.8 Å². The van der Waals surface area contributed by atoms with Crippen LogP contribution in [0.2, 0.25) is 5.02 Å². The number of hydrogen-bond donors (Lipinski definition) is 0. The molecule has 0 N–H and O–H groups in total. The molecule has 0 fully saturated rings. The topological polar surface area (TPSA) is 46.6 Å². The van der Waals surface area contributed by atoms with Crippen molar-refractivity contribution in [1.82, 2.24) is 0 Å². The number of rotatable bonds is 6. The van der Waals surface area contributed by atoms with E-state index < -0.39 is 0 Å². The highest BCUT2D eigenvalue weighted by Crippen LogP contribution is 2.41. The van der Waals surface area contributed by atoms with Gasteiger partial charge in [0.25, 0.3) is 11.8 Å². The van der Waals surface area contributed by atoms with Crippen molar-refractivity contribution < 1.29 is 14.3 Å². The van der Waals surface area contributed by atoms with Crippen molar-refractivity contribution in [2.75, 3.05) is 12.0 Å². The fraction of sp³-hybridized carbons (Fsp3) is 0.0833. The monoisotopic (exact) mass is 435 g/mol. The lowest BCUT2D eigenvalue weighted by Gasteiger charge is -2.16. The maximum absolute atomic E-state index is 13.4. The lowest BCUT2D eigenvalue weighted by molar-refractivity contribution is -0.119. The predicted molar refractivity (Wildman–Crippen MR) is 122 cm³/mol. The van der Waals surface area contributed by atoms with Crippen LogP contribution >= 0.6 is 23.4 Å². The molecule has 0 aromatic heterocycles. The smallest absolute Gasteiger partial charge is 0.272 e. The van der Waals surface area contributed by atoms with Crippen LogP contribution in [0.25, 0.3) is 5.57 Å². The van der Waals surface area contributed by atoms with Crippen LogP contribution in [-0.2, 0) is 15.3 Å². The normalized spacial score (nSPS) is 13.9. The molecule has 3 aromatic carbocycles. The van der Waals surface area contributed by atoms with Gasteiger partial charge in [-0.05, 0) is 35.4 Å². The Morgan fingerprint density at radius 1 is 0.867 bits per heavy atom. The van der Waals surface area contributed by atoms with Crippen LogP contribution in [-0.4, -0.2) is 18.9 Å². The third kappa shape index (κ3) is 3.86. The molecule has 1 aliphatic rings. The number of thioether (sulfide) groups is 1. The summed E-state index contributed by atoms with van der Waals surface area (Å²) in [5.74, 6) is 0.511. The Labute approximate surface area is 184 Å². The van der Waals surface area contributed by atoms with Gasteiger partial charge in [0.1, 0.15) is 5.75 Å². The molecule has 30 heavy (non-hydrogen) atoms. The molecule has 0 bridgehead atoms. The quantitative estimate of drug-likeness (QED) is 0.475. The van der Waals surface area contributed by atoms with Crippen LogP contribution in [0, 0.1) is 0 Å². The third-order valence-corrected chi connectivity index (χ3v) is 6.20. The summed E-state index contributed by atoms with van der Waals surface area (Å²) < 4.78 is 5.22. The summed E-state index contributed by atoms with van der Waals surface area (Å²) in [5, 5.41) is 0.350. The molecule has 0 saturated heterocycles. The van der Waals surface area contributed by atoms with Gasteiger partial charge < -0.3 is 4.74 Å². The van der Waals surface area contributed by atoms with Gasteiger partial charge in [-0.25, -0.2) is 4.90 Å². The van der Waals surface area contributed by atoms with E-state index in [9.17, 15) is 9.59 Å². The summed E-state index contributed by atoms with van der Waals surface area (Å²) >= 11 is 7.66. The van der Waals surface area contributed by atoms with Crippen LogP contribution in [0.4, 0.5) is 5.69 Å². The van der Waals surface area contributed by atoms with Crippen LogP contribution in [0.15, 0.2) is 83.8 Å². The van der Waals surface area contributed by atoms with E-state index in [0.717, 1.165) is 10.5 Å². The maximum Gasteiger partial charge on any atom is 0.272 e. The van der Waals surface area contributed by atoms with Gasteiger partial charge in [0.15, 0.2) is 0 Å². The number of benzene rings is 3. The molecule has 4 nitrogen and oxygen atoms in total. The summed E-state index contributed by atoms with van der Waals surface area (Å²) in [6.45, 7) is 0. The number of carbonyl (C=O) groups is 2. The summed E-state index contributed by atoms with van der Waals surface area (Å²) in [6.07, 6.45) is 0. The molecule has 0 saturated carbocycles. The van der Waals surface area contributed by atoms with Crippen molar-refractivity contribution in [3.05, 3.63) is 99.9 Å². The molecule has 150 valence electrons. The highest BCUT2D eigenvalue weighted by atomic mass is 35.5. The Kier molecular flexibility index (Phi) is 5.93. The number of ether oxygens (including phenoxy) is 1.